The third-order valence-electron chi connectivity index (χ3n) is 4.73. The predicted molar refractivity (Wildman–Crippen MR) is 97.1 cm³/mol. The fourth-order valence-corrected chi connectivity index (χ4v) is 3.29. The van der Waals surface area contributed by atoms with Crippen molar-refractivity contribution < 1.29 is 19.1 Å². The van der Waals surface area contributed by atoms with Crippen LogP contribution in [0.3, 0.4) is 0 Å². The van der Waals surface area contributed by atoms with Crippen LogP contribution in [0.2, 0.25) is 0 Å². The van der Waals surface area contributed by atoms with E-state index in [4.69, 9.17) is 4.74 Å². The smallest absolute Gasteiger partial charge is 0.252 e. The number of hydrogen-bond acceptors (Lipinski definition) is 5. The van der Waals surface area contributed by atoms with Crippen LogP contribution in [0.15, 0.2) is 18.2 Å². The lowest BCUT2D eigenvalue weighted by atomic mass is 10.1. The highest BCUT2D eigenvalue weighted by molar-refractivity contribution is 5.97. The van der Waals surface area contributed by atoms with Crippen molar-refractivity contribution >= 4 is 29.1 Å². The Morgan fingerprint density at radius 2 is 2.04 bits per heavy atom. The van der Waals surface area contributed by atoms with Crippen LogP contribution in [0.5, 0.6) is 0 Å². The molecule has 26 heavy (non-hydrogen) atoms. The largest absolute Gasteiger partial charge is 0.375 e. The average molecular weight is 360 g/mol. The molecule has 0 spiro atoms. The molecule has 0 bridgehead atoms. The number of nitrogens with one attached hydrogen (secondary N) is 1. The number of carbonyl (C=O) groups excluding carboxylic acids is 3. The van der Waals surface area contributed by atoms with E-state index in [2.05, 4.69) is 5.32 Å². The fraction of sp³-hybridized carbons (Fsp3) is 0.500. The van der Waals surface area contributed by atoms with Crippen molar-refractivity contribution in [2.24, 2.45) is 0 Å². The maximum absolute atomic E-state index is 12.3. The van der Waals surface area contributed by atoms with Crippen LogP contribution >= 0.6 is 0 Å². The van der Waals surface area contributed by atoms with E-state index in [0.717, 1.165) is 17.7 Å². The molecule has 2 aliphatic heterocycles. The van der Waals surface area contributed by atoms with E-state index in [-0.39, 0.29) is 37.4 Å². The number of nitrogens with zero attached hydrogens (tertiary/aromatic N) is 3. The highest BCUT2D eigenvalue weighted by Crippen LogP contribution is 2.30. The SMILES string of the molecule is COCC(=O)N1CCc2cc(NC(=O)CN3CCN(C)C(=O)C3)ccc21. The van der Waals surface area contributed by atoms with Gasteiger partial charge in [-0.1, -0.05) is 0 Å². The van der Waals surface area contributed by atoms with Crippen molar-refractivity contribution in [2.75, 3.05) is 63.7 Å². The molecule has 0 aromatic heterocycles. The van der Waals surface area contributed by atoms with E-state index in [1.807, 2.05) is 17.0 Å². The normalized spacial score (nSPS) is 17.4. The van der Waals surface area contributed by atoms with Gasteiger partial charge in [-0.2, -0.15) is 0 Å². The van der Waals surface area contributed by atoms with Crippen LogP contribution in [-0.2, 0) is 25.5 Å². The number of carbonyl (C=O) groups is 3. The number of ether oxygens (including phenoxy) is 1. The fourth-order valence-electron chi connectivity index (χ4n) is 3.29. The molecule has 1 aromatic rings. The van der Waals surface area contributed by atoms with Gasteiger partial charge in [-0.3, -0.25) is 19.3 Å². The zero-order valence-corrected chi connectivity index (χ0v) is 15.2. The van der Waals surface area contributed by atoms with Gasteiger partial charge in [-0.05, 0) is 30.2 Å². The molecule has 1 N–H and O–H groups in total. The van der Waals surface area contributed by atoms with Gasteiger partial charge in [-0.15, -0.1) is 0 Å². The van der Waals surface area contributed by atoms with Crippen molar-refractivity contribution in [3.8, 4) is 0 Å². The standard InChI is InChI=1S/C18H24N4O4/c1-20-7-8-21(11-17(20)24)10-16(23)19-14-3-4-15-13(9-14)5-6-22(15)18(25)12-26-2/h3-4,9H,5-8,10-12H2,1-2H3,(H,19,23). The number of amides is 3. The van der Waals surface area contributed by atoms with Gasteiger partial charge in [0.1, 0.15) is 6.61 Å². The summed E-state index contributed by atoms with van der Waals surface area (Å²) in [5, 5.41) is 2.88. The van der Waals surface area contributed by atoms with Crippen LogP contribution in [0.25, 0.3) is 0 Å². The Morgan fingerprint density at radius 1 is 1.23 bits per heavy atom. The Labute approximate surface area is 152 Å². The number of anilines is 2. The Bertz CT molecular complexity index is 721. The molecule has 0 aliphatic carbocycles. The Hall–Kier alpha value is -2.45. The summed E-state index contributed by atoms with van der Waals surface area (Å²) in [6, 6.07) is 5.55. The molecule has 2 aliphatic rings. The molecule has 0 unspecified atom stereocenters. The number of methoxy groups -OCH3 is 1. The molecule has 140 valence electrons. The van der Waals surface area contributed by atoms with Crippen molar-refractivity contribution in [1.82, 2.24) is 9.80 Å². The molecular formula is C18H24N4O4. The molecule has 3 amide bonds. The Morgan fingerprint density at radius 3 is 2.77 bits per heavy atom. The second-order valence-corrected chi connectivity index (χ2v) is 6.65. The summed E-state index contributed by atoms with van der Waals surface area (Å²) in [6.45, 7) is 2.46. The first-order valence-corrected chi connectivity index (χ1v) is 8.66. The van der Waals surface area contributed by atoms with Gasteiger partial charge in [0.05, 0.1) is 13.1 Å². The highest BCUT2D eigenvalue weighted by Gasteiger charge is 2.25. The average Bonchev–Trinajstić information content (AvgIpc) is 3.01. The maximum atomic E-state index is 12.3. The van der Waals surface area contributed by atoms with Gasteiger partial charge in [0.2, 0.25) is 11.8 Å². The summed E-state index contributed by atoms with van der Waals surface area (Å²) in [4.78, 5) is 41.2. The van der Waals surface area contributed by atoms with E-state index < -0.39 is 0 Å². The van der Waals surface area contributed by atoms with Crippen LogP contribution in [0.4, 0.5) is 11.4 Å². The minimum absolute atomic E-state index is 0.0300. The zero-order valence-electron chi connectivity index (χ0n) is 15.2. The van der Waals surface area contributed by atoms with E-state index in [0.29, 0.717) is 25.3 Å². The zero-order chi connectivity index (χ0) is 18.7. The third kappa shape index (κ3) is 4.03. The van der Waals surface area contributed by atoms with E-state index in [1.54, 1.807) is 22.9 Å². The number of likely N-dealkylation sites (N-methyl/N-ethyl adjacent to an activating group) is 1. The quantitative estimate of drug-likeness (QED) is 0.795. The number of benzene rings is 1. The van der Waals surface area contributed by atoms with Crippen molar-refractivity contribution in [2.45, 2.75) is 6.42 Å². The first-order chi connectivity index (χ1) is 12.5. The second kappa shape index (κ2) is 7.84. The molecule has 8 nitrogen and oxygen atoms in total. The molecule has 8 heteroatoms. The number of hydrogen-bond donors (Lipinski definition) is 1. The van der Waals surface area contributed by atoms with Crippen molar-refractivity contribution in [1.29, 1.82) is 0 Å². The molecule has 2 heterocycles. The first-order valence-electron chi connectivity index (χ1n) is 8.66. The van der Waals surface area contributed by atoms with Crippen LogP contribution < -0.4 is 10.2 Å². The van der Waals surface area contributed by atoms with Gasteiger partial charge in [0.25, 0.3) is 5.91 Å². The topological polar surface area (TPSA) is 82.2 Å². The molecule has 0 saturated carbocycles. The summed E-state index contributed by atoms with van der Waals surface area (Å²) in [7, 11) is 3.27. The van der Waals surface area contributed by atoms with Gasteiger partial charge in [-0.25, -0.2) is 0 Å². The lowest BCUT2D eigenvalue weighted by Gasteiger charge is -2.31. The van der Waals surface area contributed by atoms with Gasteiger partial charge in [0, 0.05) is 45.2 Å². The van der Waals surface area contributed by atoms with Crippen molar-refractivity contribution in [3.63, 3.8) is 0 Å². The summed E-state index contributed by atoms with van der Waals surface area (Å²) < 4.78 is 4.91. The first kappa shape index (κ1) is 18.3. The third-order valence-corrected chi connectivity index (χ3v) is 4.73. The Kier molecular flexibility index (Phi) is 5.53. The molecule has 1 aromatic carbocycles. The molecular weight excluding hydrogens is 336 g/mol. The van der Waals surface area contributed by atoms with Crippen LogP contribution in [-0.4, -0.2) is 81.0 Å². The van der Waals surface area contributed by atoms with Gasteiger partial charge >= 0.3 is 0 Å². The van der Waals surface area contributed by atoms with Crippen LogP contribution in [0, 0.1) is 0 Å². The summed E-state index contributed by atoms with van der Waals surface area (Å²) in [5.74, 6) is -0.183. The van der Waals surface area contributed by atoms with E-state index in [9.17, 15) is 14.4 Å². The maximum Gasteiger partial charge on any atom is 0.252 e. The van der Waals surface area contributed by atoms with Gasteiger partial charge in [0.15, 0.2) is 0 Å². The number of piperazine rings is 1. The molecule has 0 atom stereocenters. The lowest BCUT2D eigenvalue weighted by molar-refractivity contribution is -0.135. The minimum atomic E-state index is -0.146. The van der Waals surface area contributed by atoms with Crippen LogP contribution in [0.1, 0.15) is 5.56 Å². The minimum Gasteiger partial charge on any atom is -0.375 e. The van der Waals surface area contributed by atoms with E-state index >= 15 is 0 Å². The molecule has 1 saturated heterocycles. The predicted octanol–water partition coefficient (Wildman–Crippen LogP) is -0.0654. The van der Waals surface area contributed by atoms with Gasteiger partial charge < -0.3 is 19.9 Å². The summed E-state index contributed by atoms with van der Waals surface area (Å²) in [6.07, 6.45) is 0.751. The summed E-state index contributed by atoms with van der Waals surface area (Å²) >= 11 is 0. The second-order valence-electron chi connectivity index (χ2n) is 6.65. The number of fused-ring (bicyclic) bond motifs is 1. The summed E-state index contributed by atoms with van der Waals surface area (Å²) in [5.41, 5.74) is 2.60. The Balaban J connectivity index is 1.59. The molecule has 3 rings (SSSR count). The molecule has 0 radical (unpaired) electrons. The number of rotatable bonds is 5. The van der Waals surface area contributed by atoms with Crippen molar-refractivity contribution in [3.05, 3.63) is 23.8 Å². The lowest BCUT2D eigenvalue weighted by Crippen LogP contribution is -2.50. The van der Waals surface area contributed by atoms with E-state index in [1.165, 1.54) is 7.11 Å². The molecule has 1 fully saturated rings. The monoisotopic (exact) mass is 360 g/mol. The highest BCUT2D eigenvalue weighted by atomic mass is 16.5.